The van der Waals surface area contributed by atoms with Crippen molar-refractivity contribution in [3.05, 3.63) is 42.1 Å². The predicted octanol–water partition coefficient (Wildman–Crippen LogP) is 2.82. The van der Waals surface area contributed by atoms with Crippen LogP contribution >= 0.6 is 0 Å². The second kappa shape index (κ2) is 4.37. The number of aromatic nitrogens is 2. The smallest absolute Gasteiger partial charge is 0.139 e. The number of nitrogens with one attached hydrogen (secondary N) is 2. The second-order valence-corrected chi connectivity index (χ2v) is 5.98. The number of para-hydroxylation sites is 1. The minimum atomic E-state index is -0.0466. The molecule has 0 radical (unpaired) electrons. The molecule has 2 heterocycles. The molecule has 0 amide bonds. The SMILES string of the molecule is CC(C)(C)N1CN(c2ccccc2)C(=N)c2cn[nH]c21. The van der Waals surface area contributed by atoms with Crippen molar-refractivity contribution in [2.45, 2.75) is 26.3 Å². The van der Waals surface area contributed by atoms with Gasteiger partial charge in [0.25, 0.3) is 0 Å². The predicted molar refractivity (Wildman–Crippen MR) is 81.4 cm³/mol. The lowest BCUT2D eigenvalue weighted by Gasteiger charge is -2.44. The lowest BCUT2D eigenvalue weighted by Crippen LogP contribution is -2.54. The van der Waals surface area contributed by atoms with E-state index < -0.39 is 0 Å². The highest BCUT2D eigenvalue weighted by molar-refractivity contribution is 6.12. The molecule has 1 aliphatic heterocycles. The molecule has 0 aliphatic carbocycles. The Morgan fingerprint density at radius 2 is 1.90 bits per heavy atom. The molecule has 1 aromatic carbocycles. The molecular formula is C15H19N5. The van der Waals surface area contributed by atoms with Crippen LogP contribution in [0, 0.1) is 5.41 Å². The Hall–Kier alpha value is -2.30. The van der Waals surface area contributed by atoms with Gasteiger partial charge in [0.1, 0.15) is 11.7 Å². The minimum Gasteiger partial charge on any atom is -0.333 e. The van der Waals surface area contributed by atoms with Crippen molar-refractivity contribution in [2.75, 3.05) is 16.5 Å². The number of hydrogen-bond acceptors (Lipinski definition) is 3. The van der Waals surface area contributed by atoms with Crippen molar-refractivity contribution in [1.29, 1.82) is 5.41 Å². The maximum absolute atomic E-state index is 8.42. The third kappa shape index (κ3) is 1.95. The highest BCUT2D eigenvalue weighted by Crippen LogP contribution is 2.32. The minimum absolute atomic E-state index is 0.0466. The molecule has 0 saturated heterocycles. The fraction of sp³-hybridized carbons (Fsp3) is 0.333. The maximum atomic E-state index is 8.42. The lowest BCUT2D eigenvalue weighted by molar-refractivity contribution is 0.498. The normalized spacial score (nSPS) is 15.4. The van der Waals surface area contributed by atoms with Gasteiger partial charge in [0.15, 0.2) is 0 Å². The number of nitrogens with zero attached hydrogens (tertiary/aromatic N) is 3. The Morgan fingerprint density at radius 1 is 1.20 bits per heavy atom. The lowest BCUT2D eigenvalue weighted by atomic mass is 10.0. The van der Waals surface area contributed by atoms with Crippen LogP contribution in [-0.4, -0.2) is 28.2 Å². The summed E-state index contributed by atoms with van der Waals surface area (Å²) in [4.78, 5) is 4.24. The Labute approximate surface area is 118 Å². The Balaban J connectivity index is 2.07. The van der Waals surface area contributed by atoms with Gasteiger partial charge in [-0.05, 0) is 32.9 Å². The summed E-state index contributed by atoms with van der Waals surface area (Å²) in [7, 11) is 0. The molecule has 3 rings (SSSR count). The largest absolute Gasteiger partial charge is 0.333 e. The fourth-order valence-electron chi connectivity index (χ4n) is 2.45. The molecule has 2 N–H and O–H groups in total. The van der Waals surface area contributed by atoms with Crippen LogP contribution in [0.5, 0.6) is 0 Å². The molecule has 104 valence electrons. The molecule has 2 aromatic rings. The van der Waals surface area contributed by atoms with E-state index in [9.17, 15) is 0 Å². The van der Waals surface area contributed by atoms with E-state index in [4.69, 9.17) is 5.41 Å². The monoisotopic (exact) mass is 269 g/mol. The van der Waals surface area contributed by atoms with Gasteiger partial charge in [0, 0.05) is 11.2 Å². The average molecular weight is 269 g/mol. The topological polar surface area (TPSA) is 59.0 Å². The molecule has 5 nitrogen and oxygen atoms in total. The third-order valence-electron chi connectivity index (χ3n) is 3.57. The van der Waals surface area contributed by atoms with Crippen molar-refractivity contribution in [3.8, 4) is 0 Å². The zero-order chi connectivity index (χ0) is 14.3. The van der Waals surface area contributed by atoms with Gasteiger partial charge in [-0.25, -0.2) is 0 Å². The molecule has 0 unspecified atom stereocenters. The summed E-state index contributed by atoms with van der Waals surface area (Å²) < 4.78 is 0. The Bertz CT molecular complexity index is 623. The fourth-order valence-corrected chi connectivity index (χ4v) is 2.45. The van der Waals surface area contributed by atoms with Crippen molar-refractivity contribution in [1.82, 2.24) is 10.2 Å². The van der Waals surface area contributed by atoms with Crippen LogP contribution in [0.2, 0.25) is 0 Å². The number of rotatable bonds is 1. The number of anilines is 2. The number of amidine groups is 1. The van der Waals surface area contributed by atoms with E-state index in [2.05, 4.69) is 35.9 Å². The van der Waals surface area contributed by atoms with Gasteiger partial charge in [0.05, 0.1) is 18.4 Å². The van der Waals surface area contributed by atoms with E-state index in [1.165, 1.54) is 0 Å². The first kappa shape index (κ1) is 12.7. The number of fused-ring (bicyclic) bond motifs is 1. The van der Waals surface area contributed by atoms with Crippen molar-refractivity contribution in [3.63, 3.8) is 0 Å². The molecule has 0 fully saturated rings. The van der Waals surface area contributed by atoms with Crippen LogP contribution in [-0.2, 0) is 0 Å². The van der Waals surface area contributed by atoms with Crippen LogP contribution in [0.1, 0.15) is 26.3 Å². The molecule has 0 atom stereocenters. The van der Waals surface area contributed by atoms with Crippen molar-refractivity contribution < 1.29 is 0 Å². The molecule has 0 bridgehead atoms. The van der Waals surface area contributed by atoms with Gasteiger partial charge in [-0.15, -0.1) is 0 Å². The van der Waals surface area contributed by atoms with Crippen LogP contribution in [0.4, 0.5) is 11.5 Å². The highest BCUT2D eigenvalue weighted by atomic mass is 15.4. The van der Waals surface area contributed by atoms with Gasteiger partial charge in [-0.3, -0.25) is 10.5 Å². The molecule has 1 aliphatic rings. The van der Waals surface area contributed by atoms with E-state index >= 15 is 0 Å². The molecule has 0 spiro atoms. The summed E-state index contributed by atoms with van der Waals surface area (Å²) in [6.45, 7) is 7.13. The van der Waals surface area contributed by atoms with E-state index in [-0.39, 0.29) is 5.54 Å². The van der Waals surface area contributed by atoms with Crippen LogP contribution in [0.15, 0.2) is 36.5 Å². The molecule has 1 aromatic heterocycles. The average Bonchev–Trinajstić information content (AvgIpc) is 2.88. The van der Waals surface area contributed by atoms with Crippen LogP contribution < -0.4 is 9.80 Å². The quantitative estimate of drug-likeness (QED) is 0.837. The first-order valence-corrected chi connectivity index (χ1v) is 6.71. The summed E-state index contributed by atoms with van der Waals surface area (Å²) in [5, 5.41) is 15.6. The van der Waals surface area contributed by atoms with E-state index in [1.807, 2.05) is 35.2 Å². The van der Waals surface area contributed by atoms with Gasteiger partial charge < -0.3 is 9.80 Å². The number of H-pyrrole nitrogens is 1. The van der Waals surface area contributed by atoms with Crippen molar-refractivity contribution >= 4 is 17.3 Å². The van der Waals surface area contributed by atoms with E-state index in [1.54, 1.807) is 6.20 Å². The maximum Gasteiger partial charge on any atom is 0.139 e. The van der Waals surface area contributed by atoms with Crippen LogP contribution in [0.25, 0.3) is 0 Å². The molecule has 20 heavy (non-hydrogen) atoms. The number of aromatic amines is 1. The first-order valence-electron chi connectivity index (χ1n) is 6.71. The zero-order valence-electron chi connectivity index (χ0n) is 12.0. The zero-order valence-corrected chi connectivity index (χ0v) is 12.0. The summed E-state index contributed by atoms with van der Waals surface area (Å²) >= 11 is 0. The van der Waals surface area contributed by atoms with E-state index in [0.29, 0.717) is 12.5 Å². The van der Waals surface area contributed by atoms with Crippen molar-refractivity contribution in [2.24, 2.45) is 0 Å². The first-order chi connectivity index (χ1) is 9.48. The van der Waals surface area contributed by atoms with Gasteiger partial charge in [0.2, 0.25) is 0 Å². The Kier molecular flexibility index (Phi) is 2.78. The standard InChI is InChI=1S/C15H19N5/c1-15(2,3)20-10-19(11-7-5-4-6-8-11)13(16)12-9-17-18-14(12)20/h4-9,16H,10H2,1-3H3,(H,17,18). The summed E-state index contributed by atoms with van der Waals surface area (Å²) in [5.74, 6) is 1.41. The van der Waals surface area contributed by atoms with Gasteiger partial charge >= 0.3 is 0 Å². The van der Waals surface area contributed by atoms with Gasteiger partial charge in [-0.1, -0.05) is 18.2 Å². The molecular weight excluding hydrogens is 250 g/mol. The second-order valence-electron chi connectivity index (χ2n) is 5.98. The number of benzene rings is 1. The summed E-state index contributed by atoms with van der Waals surface area (Å²) in [5.41, 5.74) is 1.82. The van der Waals surface area contributed by atoms with E-state index in [0.717, 1.165) is 17.1 Å². The summed E-state index contributed by atoms with van der Waals surface area (Å²) in [6.07, 6.45) is 1.73. The molecule has 0 saturated carbocycles. The Morgan fingerprint density at radius 3 is 2.55 bits per heavy atom. The highest BCUT2D eigenvalue weighted by Gasteiger charge is 2.34. The van der Waals surface area contributed by atoms with Gasteiger partial charge in [-0.2, -0.15) is 5.10 Å². The molecule has 5 heteroatoms. The third-order valence-corrected chi connectivity index (χ3v) is 3.57. The van der Waals surface area contributed by atoms with Crippen LogP contribution in [0.3, 0.4) is 0 Å². The number of hydrogen-bond donors (Lipinski definition) is 2. The summed E-state index contributed by atoms with van der Waals surface area (Å²) in [6, 6.07) is 10.0.